The van der Waals surface area contributed by atoms with Gasteiger partial charge < -0.3 is 5.32 Å². The van der Waals surface area contributed by atoms with Crippen molar-refractivity contribution in [2.45, 2.75) is 25.6 Å². The van der Waals surface area contributed by atoms with Gasteiger partial charge in [-0.05, 0) is 13.3 Å². The quantitative estimate of drug-likeness (QED) is 0.795. The summed E-state index contributed by atoms with van der Waals surface area (Å²) in [7, 11) is 1.81. The molecule has 1 aromatic heterocycles. The van der Waals surface area contributed by atoms with Crippen molar-refractivity contribution in [3.05, 3.63) is 17.5 Å². The maximum Gasteiger partial charge on any atom is 0.254 e. The molecule has 0 aromatic carbocycles. The van der Waals surface area contributed by atoms with Crippen molar-refractivity contribution in [1.82, 2.24) is 15.1 Å². The van der Waals surface area contributed by atoms with Crippen LogP contribution < -0.4 is 5.32 Å². The minimum atomic E-state index is -0.111. The first kappa shape index (κ1) is 12.0. The van der Waals surface area contributed by atoms with E-state index >= 15 is 0 Å². The van der Waals surface area contributed by atoms with Crippen LogP contribution >= 0.6 is 11.6 Å². The fourth-order valence-corrected chi connectivity index (χ4v) is 1.24. The first-order chi connectivity index (χ1) is 7.06. The van der Waals surface area contributed by atoms with Crippen LogP contribution in [0.4, 0.5) is 0 Å². The van der Waals surface area contributed by atoms with E-state index in [4.69, 9.17) is 11.6 Å². The minimum absolute atomic E-state index is 0.00840. The van der Waals surface area contributed by atoms with Crippen LogP contribution in [0.15, 0.2) is 6.20 Å². The molecule has 0 spiro atoms. The molecule has 84 valence electrons. The fourth-order valence-electron chi connectivity index (χ4n) is 1.16. The van der Waals surface area contributed by atoms with Crippen molar-refractivity contribution >= 4 is 17.5 Å². The number of aryl methyl sites for hydroxylation is 1. The molecule has 0 radical (unpaired) electrons. The zero-order valence-electron chi connectivity index (χ0n) is 9.25. The molecule has 4 nitrogen and oxygen atoms in total. The molecular formula is C10H16ClN3O. The number of rotatable bonds is 4. The van der Waals surface area contributed by atoms with Crippen LogP contribution in [0.5, 0.6) is 0 Å². The molecule has 1 unspecified atom stereocenters. The summed E-state index contributed by atoms with van der Waals surface area (Å²) in [6, 6.07) is 0. The Hall–Kier alpha value is -1.03. The van der Waals surface area contributed by atoms with Gasteiger partial charge in [-0.3, -0.25) is 9.48 Å². The summed E-state index contributed by atoms with van der Waals surface area (Å²) in [6.45, 7) is 4.34. The molecule has 0 aliphatic heterocycles. The molecule has 0 aliphatic rings. The molecule has 15 heavy (non-hydrogen) atoms. The Morgan fingerprint density at radius 1 is 1.73 bits per heavy atom. The Balaban J connectivity index is 2.58. The van der Waals surface area contributed by atoms with Crippen molar-refractivity contribution in [2.24, 2.45) is 7.05 Å². The summed E-state index contributed by atoms with van der Waals surface area (Å²) in [5.41, 5.74) is 1.47. The molecule has 0 saturated carbocycles. The number of amides is 1. The summed E-state index contributed by atoms with van der Waals surface area (Å²) in [5.74, 6) is -0.111. The largest absolute Gasteiger partial charge is 0.350 e. The van der Waals surface area contributed by atoms with E-state index in [1.807, 2.05) is 20.9 Å². The molecule has 0 fully saturated rings. The molecule has 1 rings (SSSR count). The van der Waals surface area contributed by atoms with Crippen molar-refractivity contribution in [3.8, 4) is 0 Å². The lowest BCUT2D eigenvalue weighted by molar-refractivity contribution is 0.0952. The zero-order valence-corrected chi connectivity index (χ0v) is 10.0. The highest BCUT2D eigenvalue weighted by Crippen LogP contribution is 2.05. The number of carbonyl (C=O) groups is 1. The topological polar surface area (TPSA) is 46.9 Å². The average Bonchev–Trinajstić information content (AvgIpc) is 2.56. The molecule has 1 N–H and O–H groups in total. The number of hydrogen-bond donors (Lipinski definition) is 1. The van der Waals surface area contributed by atoms with Gasteiger partial charge in [-0.25, -0.2) is 0 Å². The molecular weight excluding hydrogens is 214 g/mol. The van der Waals surface area contributed by atoms with Gasteiger partial charge >= 0.3 is 0 Å². The minimum Gasteiger partial charge on any atom is -0.350 e. The summed E-state index contributed by atoms with van der Waals surface area (Å²) in [6.07, 6.45) is 2.41. The maximum atomic E-state index is 11.7. The van der Waals surface area contributed by atoms with Gasteiger partial charge in [0.1, 0.15) is 0 Å². The van der Waals surface area contributed by atoms with E-state index in [9.17, 15) is 4.79 Å². The fraction of sp³-hybridized carbons (Fsp3) is 0.600. The van der Waals surface area contributed by atoms with E-state index in [1.165, 1.54) is 0 Å². The van der Waals surface area contributed by atoms with E-state index in [1.54, 1.807) is 10.9 Å². The van der Waals surface area contributed by atoms with Crippen LogP contribution in [0, 0.1) is 6.92 Å². The van der Waals surface area contributed by atoms with Gasteiger partial charge in [0, 0.05) is 19.3 Å². The highest BCUT2D eigenvalue weighted by Gasteiger charge is 2.13. The Morgan fingerprint density at radius 3 is 2.87 bits per heavy atom. The van der Waals surface area contributed by atoms with Crippen LogP contribution in [-0.2, 0) is 7.05 Å². The standard InChI is InChI=1S/C10H16ClN3O/c1-4-8(11)5-12-10(15)9-6-13-14(3)7(9)2/h6,8H,4-5H2,1-3H3,(H,12,15). The van der Waals surface area contributed by atoms with Crippen molar-refractivity contribution < 1.29 is 4.79 Å². The van der Waals surface area contributed by atoms with Gasteiger partial charge in [-0.15, -0.1) is 11.6 Å². The Labute approximate surface area is 94.6 Å². The van der Waals surface area contributed by atoms with Crippen molar-refractivity contribution in [1.29, 1.82) is 0 Å². The van der Waals surface area contributed by atoms with Crippen molar-refractivity contribution in [3.63, 3.8) is 0 Å². The number of hydrogen-bond acceptors (Lipinski definition) is 2. The highest BCUT2D eigenvalue weighted by atomic mass is 35.5. The molecule has 0 aliphatic carbocycles. The number of carbonyl (C=O) groups excluding carboxylic acids is 1. The number of aromatic nitrogens is 2. The zero-order chi connectivity index (χ0) is 11.4. The Kier molecular flexibility index (Phi) is 4.15. The second kappa shape index (κ2) is 5.16. The molecule has 1 atom stereocenters. The summed E-state index contributed by atoms with van der Waals surface area (Å²) < 4.78 is 1.67. The Bertz CT molecular complexity index is 348. The van der Waals surface area contributed by atoms with Gasteiger partial charge in [0.25, 0.3) is 5.91 Å². The van der Waals surface area contributed by atoms with Gasteiger partial charge in [-0.2, -0.15) is 5.10 Å². The molecule has 1 amide bonds. The lowest BCUT2D eigenvalue weighted by Crippen LogP contribution is -2.29. The molecule has 5 heteroatoms. The second-order valence-electron chi connectivity index (χ2n) is 3.48. The molecule has 0 saturated heterocycles. The normalized spacial score (nSPS) is 12.5. The van der Waals surface area contributed by atoms with Gasteiger partial charge in [0.2, 0.25) is 0 Å². The monoisotopic (exact) mass is 229 g/mol. The molecule has 1 aromatic rings. The summed E-state index contributed by atoms with van der Waals surface area (Å²) in [5, 5.41) is 6.78. The van der Waals surface area contributed by atoms with Crippen LogP contribution in [-0.4, -0.2) is 27.6 Å². The predicted molar refractivity (Wildman–Crippen MR) is 60.2 cm³/mol. The molecule has 0 bridgehead atoms. The third-order valence-electron chi connectivity index (χ3n) is 2.41. The first-order valence-electron chi connectivity index (χ1n) is 4.97. The van der Waals surface area contributed by atoms with Crippen LogP contribution in [0.1, 0.15) is 29.4 Å². The highest BCUT2D eigenvalue weighted by molar-refractivity contribution is 6.20. The predicted octanol–water partition coefficient (Wildman–Crippen LogP) is 1.48. The van der Waals surface area contributed by atoms with Gasteiger partial charge in [-0.1, -0.05) is 6.92 Å². The SMILES string of the molecule is CCC(Cl)CNC(=O)c1cnn(C)c1C. The van der Waals surface area contributed by atoms with E-state index in [-0.39, 0.29) is 11.3 Å². The lowest BCUT2D eigenvalue weighted by Gasteiger charge is -2.07. The summed E-state index contributed by atoms with van der Waals surface area (Å²) >= 11 is 5.91. The summed E-state index contributed by atoms with van der Waals surface area (Å²) in [4.78, 5) is 11.7. The number of alkyl halides is 1. The van der Waals surface area contributed by atoms with Crippen LogP contribution in [0.2, 0.25) is 0 Å². The van der Waals surface area contributed by atoms with Gasteiger partial charge in [0.05, 0.1) is 17.1 Å². The van der Waals surface area contributed by atoms with E-state index < -0.39 is 0 Å². The molecule has 1 heterocycles. The lowest BCUT2D eigenvalue weighted by atomic mass is 10.2. The number of nitrogens with one attached hydrogen (secondary N) is 1. The number of nitrogens with zero attached hydrogens (tertiary/aromatic N) is 2. The van der Waals surface area contributed by atoms with E-state index in [2.05, 4.69) is 10.4 Å². The van der Waals surface area contributed by atoms with Crippen molar-refractivity contribution in [2.75, 3.05) is 6.54 Å². The smallest absolute Gasteiger partial charge is 0.254 e. The van der Waals surface area contributed by atoms with Gasteiger partial charge in [0.15, 0.2) is 0 Å². The van der Waals surface area contributed by atoms with E-state index in [0.29, 0.717) is 12.1 Å². The maximum absolute atomic E-state index is 11.7. The number of halogens is 1. The third kappa shape index (κ3) is 2.96. The second-order valence-corrected chi connectivity index (χ2v) is 4.10. The first-order valence-corrected chi connectivity index (χ1v) is 5.40. The van der Waals surface area contributed by atoms with E-state index in [0.717, 1.165) is 12.1 Å². The van der Waals surface area contributed by atoms with Crippen LogP contribution in [0.3, 0.4) is 0 Å². The third-order valence-corrected chi connectivity index (χ3v) is 2.87. The van der Waals surface area contributed by atoms with Crippen LogP contribution in [0.25, 0.3) is 0 Å². The average molecular weight is 230 g/mol. The Morgan fingerprint density at radius 2 is 2.40 bits per heavy atom.